The largest absolute Gasteiger partial charge is 0.518 e. The zero-order valence-electron chi connectivity index (χ0n) is 26.3. The van der Waals surface area contributed by atoms with E-state index in [1.54, 1.807) is 0 Å². The van der Waals surface area contributed by atoms with Crippen LogP contribution in [0.4, 0.5) is 18.9 Å². The lowest BCUT2D eigenvalue weighted by Crippen LogP contribution is -2.56. The highest BCUT2D eigenvalue weighted by molar-refractivity contribution is 6.75. The van der Waals surface area contributed by atoms with Crippen LogP contribution in [0.25, 0.3) is 0 Å². The zero-order chi connectivity index (χ0) is 34.1. The number of anilines is 1. The molecule has 2 aromatic rings. The van der Waals surface area contributed by atoms with E-state index < -0.39 is 55.1 Å². The number of rotatable bonds is 6. The second kappa shape index (κ2) is 12.8. The van der Waals surface area contributed by atoms with Crippen LogP contribution in [-0.2, 0) is 36.1 Å². The lowest BCUT2D eigenvalue weighted by Gasteiger charge is -2.46. The maximum atomic E-state index is 13.7. The van der Waals surface area contributed by atoms with Gasteiger partial charge in [-0.15, -0.1) is 0 Å². The van der Waals surface area contributed by atoms with Crippen molar-refractivity contribution in [3.8, 4) is 6.07 Å². The quantitative estimate of drug-likeness (QED) is 0.158. The van der Waals surface area contributed by atoms with Gasteiger partial charge in [-0.1, -0.05) is 32.9 Å². The fraction of sp³-hybridized carbons (Fsp3) is 0.387. The number of nitriles is 1. The summed E-state index contributed by atoms with van der Waals surface area (Å²) >= 11 is 0. The van der Waals surface area contributed by atoms with Crippen molar-refractivity contribution >= 4 is 37.9 Å². The van der Waals surface area contributed by atoms with Crippen LogP contribution in [0.1, 0.15) is 56.0 Å². The Bertz CT molecular complexity index is 1610. The lowest BCUT2D eigenvalue weighted by molar-refractivity contribution is -0.140. The Morgan fingerprint density at radius 1 is 1.07 bits per heavy atom. The second-order valence-electron chi connectivity index (χ2n) is 11.9. The second-order valence-corrected chi connectivity index (χ2v) is 16.6. The van der Waals surface area contributed by atoms with Crippen LogP contribution in [0, 0.1) is 22.1 Å². The Hall–Kier alpha value is -4.64. The number of halogens is 3. The van der Waals surface area contributed by atoms with Crippen LogP contribution >= 0.6 is 0 Å². The first-order valence-electron chi connectivity index (χ1n) is 13.8. The number of alkyl halides is 3. The molecule has 0 saturated carbocycles. The standard InChI is InChI=1S/C31H36F3N5O5Si/c1-18-25(27(41)43-6)26(23-13-12-19(17-35)14-20(23)15-24(40)42-5)39(29(37)44-45(7,8)30(2,3)4)28(36)38(18)22-11-9-10-21(16-22)31(32,33)34/h9-14,16,26,36-37H,15H2,1-8H3. The normalized spacial score (nSPS) is 15.9. The van der Waals surface area contributed by atoms with Gasteiger partial charge >= 0.3 is 18.1 Å². The van der Waals surface area contributed by atoms with E-state index in [-0.39, 0.29) is 40.1 Å². The number of esters is 2. The van der Waals surface area contributed by atoms with E-state index in [2.05, 4.69) is 0 Å². The summed E-state index contributed by atoms with van der Waals surface area (Å²) < 4.78 is 57.5. The molecule has 2 N–H and O–H groups in total. The number of nitrogens with zero attached hydrogens (tertiary/aromatic N) is 3. The third-order valence-electron chi connectivity index (χ3n) is 8.04. The zero-order valence-corrected chi connectivity index (χ0v) is 27.3. The summed E-state index contributed by atoms with van der Waals surface area (Å²) in [5, 5.41) is 27.7. The summed E-state index contributed by atoms with van der Waals surface area (Å²) in [5.74, 6) is -2.02. The summed E-state index contributed by atoms with van der Waals surface area (Å²) in [6.45, 7) is 11.0. The number of hydrogen-bond donors (Lipinski definition) is 2. The third kappa shape index (κ3) is 7.04. The number of guanidine groups is 1. The fourth-order valence-electron chi connectivity index (χ4n) is 4.62. The topological polar surface area (TPSA) is 140 Å². The molecule has 0 aromatic heterocycles. The number of nitrogens with one attached hydrogen (secondary N) is 2. The summed E-state index contributed by atoms with van der Waals surface area (Å²) in [7, 11) is -0.440. The highest BCUT2D eigenvalue weighted by atomic mass is 28.4. The number of methoxy groups -OCH3 is 2. The molecule has 0 saturated heterocycles. The van der Waals surface area contributed by atoms with E-state index in [1.165, 1.54) is 44.4 Å². The molecule has 1 aliphatic heterocycles. The molecule has 0 radical (unpaired) electrons. The van der Waals surface area contributed by atoms with Crippen LogP contribution in [0.5, 0.6) is 0 Å². The first-order chi connectivity index (χ1) is 20.8. The average Bonchev–Trinajstić information content (AvgIpc) is 2.95. The minimum atomic E-state index is -4.69. The molecule has 10 nitrogen and oxygen atoms in total. The molecule has 3 rings (SSSR count). The fourth-order valence-corrected chi connectivity index (χ4v) is 5.51. The van der Waals surface area contributed by atoms with Gasteiger partial charge in [0.05, 0.1) is 43.4 Å². The summed E-state index contributed by atoms with van der Waals surface area (Å²) in [5.41, 5.74) is -0.401. The number of allylic oxidation sites excluding steroid dienone is 1. The lowest BCUT2D eigenvalue weighted by atomic mass is 9.88. The molecule has 45 heavy (non-hydrogen) atoms. The van der Waals surface area contributed by atoms with Crippen LogP contribution in [0.15, 0.2) is 53.7 Å². The molecule has 0 aliphatic carbocycles. The van der Waals surface area contributed by atoms with Crippen molar-refractivity contribution in [2.45, 2.75) is 64.5 Å². The summed E-state index contributed by atoms with van der Waals surface area (Å²) in [6.07, 6.45) is -5.01. The average molecular weight is 644 g/mol. The van der Waals surface area contributed by atoms with Crippen LogP contribution < -0.4 is 4.90 Å². The monoisotopic (exact) mass is 643 g/mol. The number of carbonyl (C=O) groups excluding carboxylic acids is 2. The summed E-state index contributed by atoms with van der Waals surface area (Å²) in [4.78, 5) is 28.2. The maximum Gasteiger partial charge on any atom is 0.416 e. The molecule has 14 heteroatoms. The van der Waals surface area contributed by atoms with Crippen molar-refractivity contribution in [2.75, 3.05) is 19.1 Å². The first-order valence-corrected chi connectivity index (χ1v) is 16.7. The van der Waals surface area contributed by atoms with E-state index in [0.29, 0.717) is 0 Å². The van der Waals surface area contributed by atoms with E-state index in [9.17, 15) is 38.8 Å². The van der Waals surface area contributed by atoms with Gasteiger partial charge in [0, 0.05) is 11.4 Å². The van der Waals surface area contributed by atoms with Gasteiger partial charge in [-0.25, -0.2) is 4.79 Å². The molecule has 1 heterocycles. The van der Waals surface area contributed by atoms with Crippen molar-refractivity contribution in [2.24, 2.45) is 0 Å². The molecule has 240 valence electrons. The highest BCUT2D eigenvalue weighted by Gasteiger charge is 2.47. The third-order valence-corrected chi connectivity index (χ3v) is 12.4. The van der Waals surface area contributed by atoms with Crippen LogP contribution in [0.2, 0.25) is 18.1 Å². The Morgan fingerprint density at radius 2 is 1.71 bits per heavy atom. The van der Waals surface area contributed by atoms with Crippen LogP contribution in [-0.4, -0.2) is 51.4 Å². The van der Waals surface area contributed by atoms with Crippen LogP contribution in [0.3, 0.4) is 0 Å². The Morgan fingerprint density at radius 3 is 2.24 bits per heavy atom. The minimum Gasteiger partial charge on any atom is -0.518 e. The molecule has 1 atom stereocenters. The van der Waals surface area contributed by atoms with Gasteiger partial charge in [0.1, 0.15) is 6.04 Å². The van der Waals surface area contributed by atoms with E-state index in [0.717, 1.165) is 29.0 Å². The SMILES string of the molecule is COC(=O)Cc1cc(C#N)ccc1C1C(C(=O)OC)=C(C)N(c2cccc(C(F)(F)F)c2)C(=N)N1C(=N)O[Si](C)(C)C(C)(C)C. The Labute approximate surface area is 261 Å². The van der Waals surface area contributed by atoms with Crippen molar-refractivity contribution in [1.29, 1.82) is 16.1 Å². The van der Waals surface area contributed by atoms with Gasteiger partial charge in [-0.3, -0.25) is 25.4 Å². The van der Waals surface area contributed by atoms with Gasteiger partial charge in [-0.2, -0.15) is 18.4 Å². The molecule has 0 fully saturated rings. The number of amidine groups is 1. The summed E-state index contributed by atoms with van der Waals surface area (Å²) in [6, 6.07) is 8.82. The maximum absolute atomic E-state index is 13.7. The van der Waals surface area contributed by atoms with E-state index >= 15 is 0 Å². The molecule has 1 unspecified atom stereocenters. The van der Waals surface area contributed by atoms with Gasteiger partial charge in [0.25, 0.3) is 14.3 Å². The van der Waals surface area contributed by atoms with Crippen molar-refractivity contribution in [1.82, 2.24) is 4.90 Å². The molecule has 1 aliphatic rings. The van der Waals surface area contributed by atoms with Gasteiger partial charge in [0.2, 0.25) is 5.96 Å². The van der Waals surface area contributed by atoms with Crippen molar-refractivity contribution < 1.29 is 36.7 Å². The number of hydrogen-bond acceptors (Lipinski definition) is 8. The molecule has 0 amide bonds. The van der Waals surface area contributed by atoms with E-state index in [4.69, 9.17) is 13.9 Å². The molecular weight excluding hydrogens is 607 g/mol. The molecule has 0 spiro atoms. The van der Waals surface area contributed by atoms with Crippen molar-refractivity contribution in [3.05, 3.63) is 76.0 Å². The predicted molar refractivity (Wildman–Crippen MR) is 164 cm³/mol. The van der Waals surface area contributed by atoms with Gasteiger partial charge in [0.15, 0.2) is 0 Å². The van der Waals surface area contributed by atoms with Gasteiger partial charge < -0.3 is 13.9 Å². The highest BCUT2D eigenvalue weighted by Crippen LogP contribution is 2.44. The number of carbonyl (C=O) groups is 2. The first kappa shape index (κ1) is 34.8. The van der Waals surface area contributed by atoms with Crippen molar-refractivity contribution in [3.63, 3.8) is 0 Å². The number of benzene rings is 2. The van der Waals surface area contributed by atoms with E-state index in [1.807, 2.05) is 39.9 Å². The number of ether oxygens (including phenoxy) is 2. The minimum absolute atomic E-state index is 0.0564. The molecular formula is C31H36F3N5O5Si. The smallest absolute Gasteiger partial charge is 0.416 e. The molecule has 0 bridgehead atoms. The molecule has 2 aromatic carbocycles. The Kier molecular flexibility index (Phi) is 9.88. The predicted octanol–water partition coefficient (Wildman–Crippen LogP) is 6.49. The Balaban J connectivity index is 2.43. The van der Waals surface area contributed by atoms with Gasteiger partial charge in [-0.05, 0) is 66.5 Å².